The van der Waals surface area contributed by atoms with Gasteiger partial charge < -0.3 is 15.1 Å². The Morgan fingerprint density at radius 3 is 2.22 bits per heavy atom. The predicted octanol–water partition coefficient (Wildman–Crippen LogP) is 2.04. The van der Waals surface area contributed by atoms with E-state index in [9.17, 15) is 0 Å². The minimum absolute atomic E-state index is 0.363. The molecule has 0 radical (unpaired) electrons. The molecule has 1 fully saturated rings. The van der Waals surface area contributed by atoms with Crippen molar-refractivity contribution in [1.29, 1.82) is 0 Å². The molecule has 0 amide bonds. The van der Waals surface area contributed by atoms with Crippen molar-refractivity contribution in [3.63, 3.8) is 0 Å². The highest BCUT2D eigenvalue weighted by molar-refractivity contribution is 4.82. The summed E-state index contributed by atoms with van der Waals surface area (Å²) < 4.78 is 0. The van der Waals surface area contributed by atoms with Gasteiger partial charge in [0.15, 0.2) is 0 Å². The van der Waals surface area contributed by atoms with Gasteiger partial charge in [0, 0.05) is 32.2 Å². The maximum absolute atomic E-state index is 3.72. The summed E-state index contributed by atoms with van der Waals surface area (Å²) in [4.78, 5) is 5.04. The normalized spacial score (nSPS) is 21.2. The van der Waals surface area contributed by atoms with Crippen LogP contribution in [0.2, 0.25) is 0 Å². The van der Waals surface area contributed by atoms with Gasteiger partial charge in [-0.25, -0.2) is 0 Å². The minimum Gasteiger partial charge on any atom is -0.313 e. The number of hydrogen-bond donors (Lipinski definition) is 1. The second-order valence-electron chi connectivity index (χ2n) is 6.81. The van der Waals surface area contributed by atoms with Crippen LogP contribution in [0, 0.1) is 5.41 Å². The van der Waals surface area contributed by atoms with Crippen LogP contribution in [0.25, 0.3) is 0 Å². The Morgan fingerprint density at radius 2 is 1.72 bits per heavy atom. The Bertz CT molecular complexity index is 214. The van der Waals surface area contributed by atoms with Gasteiger partial charge in [0.05, 0.1) is 0 Å². The monoisotopic (exact) mass is 255 g/mol. The van der Waals surface area contributed by atoms with Crippen LogP contribution in [0.15, 0.2) is 0 Å². The van der Waals surface area contributed by atoms with Gasteiger partial charge in [-0.15, -0.1) is 0 Å². The van der Waals surface area contributed by atoms with Crippen molar-refractivity contribution in [3.05, 3.63) is 0 Å². The average molecular weight is 255 g/mol. The fourth-order valence-electron chi connectivity index (χ4n) is 2.54. The Labute approximate surface area is 114 Å². The van der Waals surface area contributed by atoms with Gasteiger partial charge in [-0.2, -0.15) is 0 Å². The number of hydrogen-bond acceptors (Lipinski definition) is 3. The van der Waals surface area contributed by atoms with Crippen LogP contribution in [-0.4, -0.2) is 62.2 Å². The molecule has 0 spiro atoms. The summed E-state index contributed by atoms with van der Waals surface area (Å²) in [7, 11) is 2.22. The lowest BCUT2D eigenvalue weighted by Crippen LogP contribution is -2.47. The van der Waals surface area contributed by atoms with E-state index in [1.54, 1.807) is 0 Å². The third-order valence-corrected chi connectivity index (χ3v) is 4.02. The molecule has 1 rings (SSSR count). The van der Waals surface area contributed by atoms with E-state index in [-0.39, 0.29) is 0 Å². The smallest absolute Gasteiger partial charge is 0.0128 e. The number of nitrogens with one attached hydrogen (secondary N) is 1. The lowest BCUT2D eigenvalue weighted by molar-refractivity contribution is 0.137. The summed E-state index contributed by atoms with van der Waals surface area (Å²) >= 11 is 0. The van der Waals surface area contributed by atoms with Crippen molar-refractivity contribution in [2.45, 2.75) is 46.6 Å². The highest BCUT2D eigenvalue weighted by Crippen LogP contribution is 2.22. The fourth-order valence-corrected chi connectivity index (χ4v) is 2.54. The molecule has 1 heterocycles. The van der Waals surface area contributed by atoms with Crippen LogP contribution in [0.4, 0.5) is 0 Å². The first-order valence-electron chi connectivity index (χ1n) is 7.57. The summed E-state index contributed by atoms with van der Waals surface area (Å²) in [6, 6.07) is 0.636. The predicted molar refractivity (Wildman–Crippen MR) is 80.1 cm³/mol. The summed E-state index contributed by atoms with van der Waals surface area (Å²) in [5.74, 6) is 0. The first-order chi connectivity index (χ1) is 8.43. The molecule has 0 aromatic rings. The van der Waals surface area contributed by atoms with Crippen LogP contribution in [0.3, 0.4) is 0 Å². The Hall–Kier alpha value is -0.120. The standard InChI is InChI=1S/C15H33N3/c1-6-8-16-14(15(2,3)4)7-9-18-12-10-17(5)11-13-18/h14,16H,6-13H2,1-5H3. The van der Waals surface area contributed by atoms with E-state index >= 15 is 0 Å². The van der Waals surface area contributed by atoms with Crippen molar-refractivity contribution in [3.8, 4) is 0 Å². The fraction of sp³-hybridized carbons (Fsp3) is 1.00. The average Bonchev–Trinajstić information content (AvgIpc) is 2.30. The van der Waals surface area contributed by atoms with Crippen LogP contribution >= 0.6 is 0 Å². The largest absolute Gasteiger partial charge is 0.313 e. The van der Waals surface area contributed by atoms with Crippen molar-refractivity contribution in [2.24, 2.45) is 5.41 Å². The van der Waals surface area contributed by atoms with Gasteiger partial charge >= 0.3 is 0 Å². The van der Waals surface area contributed by atoms with Crippen molar-refractivity contribution in [1.82, 2.24) is 15.1 Å². The van der Waals surface area contributed by atoms with E-state index in [1.807, 2.05) is 0 Å². The van der Waals surface area contributed by atoms with Gasteiger partial charge in [0.2, 0.25) is 0 Å². The summed E-state index contributed by atoms with van der Waals surface area (Å²) in [5.41, 5.74) is 0.363. The third-order valence-electron chi connectivity index (χ3n) is 4.02. The molecular weight excluding hydrogens is 222 g/mol. The van der Waals surface area contributed by atoms with Crippen LogP contribution in [-0.2, 0) is 0 Å². The molecule has 0 aromatic heterocycles. The second-order valence-corrected chi connectivity index (χ2v) is 6.81. The number of rotatable bonds is 6. The van der Waals surface area contributed by atoms with E-state index in [2.05, 4.69) is 49.9 Å². The molecule has 0 bridgehead atoms. The number of likely N-dealkylation sites (N-methyl/N-ethyl adjacent to an activating group) is 1. The minimum atomic E-state index is 0.363. The first kappa shape index (κ1) is 15.9. The molecular formula is C15H33N3. The van der Waals surface area contributed by atoms with Crippen molar-refractivity contribution >= 4 is 0 Å². The van der Waals surface area contributed by atoms with E-state index < -0.39 is 0 Å². The van der Waals surface area contributed by atoms with Gasteiger partial charge in [-0.3, -0.25) is 0 Å². The molecule has 18 heavy (non-hydrogen) atoms. The maximum Gasteiger partial charge on any atom is 0.0128 e. The topological polar surface area (TPSA) is 18.5 Å². The van der Waals surface area contributed by atoms with Crippen LogP contribution in [0.5, 0.6) is 0 Å². The first-order valence-corrected chi connectivity index (χ1v) is 7.57. The van der Waals surface area contributed by atoms with E-state index in [0.29, 0.717) is 11.5 Å². The van der Waals surface area contributed by atoms with Crippen LogP contribution < -0.4 is 5.32 Å². The lowest BCUT2D eigenvalue weighted by Gasteiger charge is -2.36. The molecule has 1 aliphatic heterocycles. The van der Waals surface area contributed by atoms with E-state index in [4.69, 9.17) is 0 Å². The molecule has 3 nitrogen and oxygen atoms in total. The molecule has 1 unspecified atom stereocenters. The number of nitrogens with zero attached hydrogens (tertiary/aromatic N) is 2. The quantitative estimate of drug-likeness (QED) is 0.783. The molecule has 3 heteroatoms. The molecule has 1 atom stereocenters. The molecule has 0 saturated carbocycles. The number of piperazine rings is 1. The highest BCUT2D eigenvalue weighted by Gasteiger charge is 2.24. The SMILES string of the molecule is CCCNC(CCN1CCN(C)CC1)C(C)(C)C. The Balaban J connectivity index is 2.32. The molecule has 1 N–H and O–H groups in total. The molecule has 1 saturated heterocycles. The zero-order chi connectivity index (χ0) is 13.6. The van der Waals surface area contributed by atoms with Gasteiger partial charge in [-0.1, -0.05) is 27.7 Å². The molecule has 0 aromatic carbocycles. The van der Waals surface area contributed by atoms with Gasteiger partial charge in [0.25, 0.3) is 0 Å². The lowest BCUT2D eigenvalue weighted by atomic mass is 9.84. The maximum atomic E-state index is 3.72. The Kier molecular flexibility index (Phi) is 6.61. The van der Waals surface area contributed by atoms with Gasteiger partial charge in [0.1, 0.15) is 0 Å². The third kappa shape index (κ3) is 5.68. The van der Waals surface area contributed by atoms with E-state index in [0.717, 1.165) is 6.54 Å². The van der Waals surface area contributed by atoms with E-state index in [1.165, 1.54) is 45.6 Å². The molecule has 1 aliphatic rings. The zero-order valence-electron chi connectivity index (χ0n) is 13.1. The summed E-state index contributed by atoms with van der Waals surface area (Å²) in [6.45, 7) is 16.6. The van der Waals surface area contributed by atoms with Gasteiger partial charge in [-0.05, 0) is 38.4 Å². The van der Waals surface area contributed by atoms with Crippen molar-refractivity contribution in [2.75, 3.05) is 46.3 Å². The molecule has 108 valence electrons. The summed E-state index contributed by atoms with van der Waals surface area (Å²) in [5, 5.41) is 3.72. The van der Waals surface area contributed by atoms with Crippen molar-refractivity contribution < 1.29 is 0 Å². The Morgan fingerprint density at radius 1 is 1.11 bits per heavy atom. The molecule has 0 aliphatic carbocycles. The second kappa shape index (κ2) is 7.46. The highest BCUT2D eigenvalue weighted by atomic mass is 15.2. The summed E-state index contributed by atoms with van der Waals surface area (Å²) in [6.07, 6.45) is 2.49. The zero-order valence-corrected chi connectivity index (χ0v) is 13.1. The van der Waals surface area contributed by atoms with Crippen LogP contribution in [0.1, 0.15) is 40.5 Å².